The van der Waals surface area contributed by atoms with Gasteiger partial charge < -0.3 is 63.8 Å². The molecule has 0 aromatic heterocycles. The number of rotatable bonds is 12. The number of cyclic esters (lactones) is 2. The number of nitrogens with zero attached hydrogens (tertiary/aromatic N) is 4. The lowest BCUT2D eigenvalue weighted by Gasteiger charge is -2.36. The van der Waals surface area contributed by atoms with E-state index in [1.165, 1.54) is 82.2 Å². The lowest BCUT2D eigenvalue weighted by molar-refractivity contribution is -0.165. The van der Waals surface area contributed by atoms with E-state index in [-0.39, 0.29) is 69.5 Å². The standard InChI is InChI=1S/C69H82N6O16/c1-69(2)44-90-62(79)27-16-17-34-72(3)65(82)52(36-45-20-11-9-12-21-45)70-60(77)42-73(4)66(83)53(37-46-22-13-10-14-23-46)71-64(81)55(38-47-28-31-50(76)32-29-47)74(5)61(78)43-89-51-25-19-24-48(39-51)56(33-30-49-40-58(87-7)59(88-8)41-57(49)86-6)91-68(85)54-26-15-18-35-75(54)67(84)63(69)80/h9-14,16,19-25,27-29,31-32,39-41,52-56,76H,15,17-18,26,30,33-38,42-44H2,1-8H3,(H,70,77)(H,71,81)/b27-16+/t52-,53-,54+,55+,56-/m1/s1. The molecule has 2 aliphatic heterocycles. The second-order valence-corrected chi connectivity index (χ2v) is 23.3. The van der Waals surface area contributed by atoms with Crippen molar-refractivity contribution >= 4 is 53.2 Å². The Kier molecular flexibility index (Phi) is 24.7. The molecule has 6 amide bonds. The van der Waals surface area contributed by atoms with Gasteiger partial charge in [-0.05, 0) is 111 Å². The Labute approximate surface area is 530 Å². The number of amides is 6. The third kappa shape index (κ3) is 19.1. The average molecular weight is 1250 g/mol. The van der Waals surface area contributed by atoms with Crippen LogP contribution in [0.5, 0.6) is 28.7 Å². The maximum atomic E-state index is 14.9. The fraction of sp³-hybridized carbons (Fsp3) is 0.406. The highest BCUT2D eigenvalue weighted by Gasteiger charge is 2.43. The summed E-state index contributed by atoms with van der Waals surface area (Å²) < 4.78 is 34.9. The summed E-state index contributed by atoms with van der Waals surface area (Å²) in [6.45, 7) is 1.50. The lowest BCUT2D eigenvalue weighted by atomic mass is 9.87. The van der Waals surface area contributed by atoms with Crippen molar-refractivity contribution < 1.29 is 76.7 Å². The van der Waals surface area contributed by atoms with Crippen molar-refractivity contribution in [3.63, 3.8) is 0 Å². The Bertz CT molecular complexity index is 3400. The molecule has 7 rings (SSSR count). The monoisotopic (exact) mass is 1250 g/mol. The summed E-state index contributed by atoms with van der Waals surface area (Å²) in [7, 11) is 8.87. The molecule has 0 spiro atoms. The molecule has 3 N–H and O–H groups in total. The minimum atomic E-state index is -1.53. The van der Waals surface area contributed by atoms with Gasteiger partial charge >= 0.3 is 11.9 Å². The second-order valence-electron chi connectivity index (χ2n) is 23.3. The number of carbonyl (C=O) groups is 9. The van der Waals surface area contributed by atoms with Gasteiger partial charge in [0.1, 0.15) is 54.1 Å². The molecule has 91 heavy (non-hydrogen) atoms. The van der Waals surface area contributed by atoms with Crippen LogP contribution < -0.4 is 29.6 Å². The molecule has 2 aliphatic rings. The Balaban J connectivity index is 1.23. The maximum absolute atomic E-state index is 14.9. The first-order valence-corrected chi connectivity index (χ1v) is 30.2. The fourth-order valence-corrected chi connectivity index (χ4v) is 10.8. The van der Waals surface area contributed by atoms with Gasteiger partial charge in [0.15, 0.2) is 18.1 Å². The summed E-state index contributed by atoms with van der Waals surface area (Å²) in [4.78, 5) is 133. The first-order chi connectivity index (χ1) is 43.6. The molecule has 0 unspecified atom stereocenters. The number of ether oxygens (including phenoxy) is 6. The van der Waals surface area contributed by atoms with Crippen molar-refractivity contribution in [3.8, 4) is 28.7 Å². The molecule has 1 saturated heterocycles. The number of esters is 2. The van der Waals surface area contributed by atoms with Gasteiger partial charge in [-0.15, -0.1) is 0 Å². The first kappa shape index (κ1) is 68.8. The normalized spacial score (nSPS) is 21.2. The molecule has 5 atom stereocenters. The largest absolute Gasteiger partial charge is 0.508 e. The molecule has 5 aromatic rings. The summed E-state index contributed by atoms with van der Waals surface area (Å²) in [5, 5.41) is 15.9. The molecule has 1 fully saturated rings. The Morgan fingerprint density at radius 2 is 1.26 bits per heavy atom. The number of benzene rings is 5. The number of phenolic OH excluding ortho intramolecular Hbond substituents is 1. The molecule has 22 heteroatoms. The minimum Gasteiger partial charge on any atom is -0.508 e. The van der Waals surface area contributed by atoms with Crippen LogP contribution in [0.2, 0.25) is 0 Å². The van der Waals surface area contributed by atoms with Crippen molar-refractivity contribution in [1.29, 1.82) is 0 Å². The van der Waals surface area contributed by atoms with Gasteiger partial charge in [0.2, 0.25) is 29.4 Å². The van der Waals surface area contributed by atoms with Crippen LogP contribution >= 0.6 is 0 Å². The predicted octanol–water partition coefficient (Wildman–Crippen LogP) is 5.93. The second kappa shape index (κ2) is 32.7. The number of phenols is 1. The van der Waals surface area contributed by atoms with Gasteiger partial charge in [-0.3, -0.25) is 33.6 Å². The van der Waals surface area contributed by atoms with E-state index in [1.54, 1.807) is 110 Å². The third-order valence-electron chi connectivity index (χ3n) is 16.1. The SMILES string of the molecule is COc1cc(OC)c(OC)cc1CC[C@H]1OC(=O)[C@@H]2CCCCN2C(=O)C(=O)C(C)(C)COC(=O)/C=C/CCN(C)C(=O)[C@@H](Cc2ccccc2)NC(=O)CN(C)C(=O)[C@@H](Cc2ccccc2)NC(=O)[C@H](Cc2ccc(O)cc2)N(C)C(=O)COc2cccc1c2. The van der Waals surface area contributed by atoms with E-state index >= 15 is 0 Å². The summed E-state index contributed by atoms with van der Waals surface area (Å²) in [6, 6.07) is 29.2. The zero-order valence-corrected chi connectivity index (χ0v) is 52.8. The molecule has 2 bridgehead atoms. The van der Waals surface area contributed by atoms with E-state index < -0.39 is 109 Å². The van der Waals surface area contributed by atoms with E-state index in [4.69, 9.17) is 28.4 Å². The van der Waals surface area contributed by atoms with E-state index in [0.717, 1.165) is 16.5 Å². The highest BCUT2D eigenvalue weighted by molar-refractivity contribution is 6.38. The highest BCUT2D eigenvalue weighted by atomic mass is 16.5. The van der Waals surface area contributed by atoms with Gasteiger partial charge in [-0.25, -0.2) is 9.59 Å². The Morgan fingerprint density at radius 3 is 1.91 bits per heavy atom. The maximum Gasteiger partial charge on any atom is 0.330 e. The lowest BCUT2D eigenvalue weighted by Crippen LogP contribution is -2.57. The average Bonchev–Trinajstić information content (AvgIpc) is 2.04. The first-order valence-electron chi connectivity index (χ1n) is 30.2. The summed E-state index contributed by atoms with van der Waals surface area (Å²) in [5.41, 5.74) is 1.57. The quantitative estimate of drug-likeness (QED) is 0.0964. The number of hydrogen-bond acceptors (Lipinski definition) is 16. The summed E-state index contributed by atoms with van der Waals surface area (Å²) in [5.74, 6) is -5.10. The topological polar surface area (TPSA) is 266 Å². The number of piperidine rings is 1. The number of likely N-dealkylation sites (N-methyl/N-ethyl adjacent to an activating group) is 3. The number of fused-ring (bicyclic) bond motifs is 3. The van der Waals surface area contributed by atoms with Gasteiger partial charge in [-0.2, -0.15) is 0 Å². The molecular formula is C69H82N6O16. The number of nitrogens with one attached hydrogen (secondary N) is 2. The third-order valence-corrected chi connectivity index (χ3v) is 16.1. The zero-order valence-electron chi connectivity index (χ0n) is 52.8. The van der Waals surface area contributed by atoms with Gasteiger partial charge in [0, 0.05) is 65.6 Å². The Hall–Kier alpha value is -9.73. The van der Waals surface area contributed by atoms with Crippen LogP contribution in [0.4, 0.5) is 0 Å². The van der Waals surface area contributed by atoms with Gasteiger partial charge in [-0.1, -0.05) is 91.0 Å². The van der Waals surface area contributed by atoms with Crippen molar-refractivity contribution in [2.75, 3.05) is 75.3 Å². The molecule has 484 valence electrons. The van der Waals surface area contributed by atoms with Crippen molar-refractivity contribution in [2.24, 2.45) is 5.41 Å². The minimum absolute atomic E-state index is 0.0146. The van der Waals surface area contributed by atoms with Crippen molar-refractivity contribution in [3.05, 3.63) is 161 Å². The summed E-state index contributed by atoms with van der Waals surface area (Å²) >= 11 is 0. The molecule has 2 heterocycles. The van der Waals surface area contributed by atoms with Gasteiger partial charge in [0.05, 0.1) is 33.3 Å². The predicted molar refractivity (Wildman–Crippen MR) is 336 cm³/mol. The van der Waals surface area contributed by atoms with Gasteiger partial charge in [0.25, 0.3) is 11.8 Å². The van der Waals surface area contributed by atoms with E-state index in [1.807, 2.05) is 6.07 Å². The number of methoxy groups -OCH3 is 3. The summed E-state index contributed by atoms with van der Waals surface area (Å²) in [6.07, 6.45) is 3.41. The molecule has 0 radical (unpaired) electrons. The number of carbonyl (C=O) groups excluding carboxylic acids is 9. The van der Waals surface area contributed by atoms with Crippen LogP contribution in [0.15, 0.2) is 133 Å². The molecule has 0 aliphatic carbocycles. The van der Waals surface area contributed by atoms with Crippen LogP contribution in [0.25, 0.3) is 0 Å². The Morgan fingerprint density at radius 1 is 0.648 bits per heavy atom. The van der Waals surface area contributed by atoms with Crippen molar-refractivity contribution in [2.45, 2.75) is 102 Å². The van der Waals surface area contributed by atoms with Crippen LogP contribution in [-0.2, 0) is 78.3 Å². The highest BCUT2D eigenvalue weighted by Crippen LogP contribution is 2.37. The van der Waals surface area contributed by atoms with Crippen LogP contribution in [-0.4, -0.2) is 177 Å². The van der Waals surface area contributed by atoms with Crippen LogP contribution in [0.1, 0.15) is 79.9 Å². The number of Topliss-reactive ketones (excluding diaryl/α,β-unsaturated/α-hetero) is 1. The number of aryl methyl sites for hydroxylation is 1. The number of ketones is 1. The van der Waals surface area contributed by atoms with Crippen molar-refractivity contribution in [1.82, 2.24) is 30.2 Å². The van der Waals surface area contributed by atoms with E-state index in [9.17, 15) is 48.3 Å². The molecule has 22 nitrogen and oxygen atoms in total. The fourth-order valence-electron chi connectivity index (χ4n) is 10.8. The molecular weight excluding hydrogens is 1170 g/mol. The smallest absolute Gasteiger partial charge is 0.330 e. The van der Waals surface area contributed by atoms with Crippen LogP contribution in [0.3, 0.4) is 0 Å². The molecule has 0 saturated carbocycles. The zero-order chi connectivity index (χ0) is 65.8. The van der Waals surface area contributed by atoms with E-state index in [0.29, 0.717) is 52.3 Å². The van der Waals surface area contributed by atoms with Crippen LogP contribution in [0, 0.1) is 5.41 Å². The number of hydrogen-bond donors (Lipinski definition) is 3. The number of aromatic hydroxyl groups is 1. The molecule has 5 aromatic carbocycles. The van der Waals surface area contributed by atoms with E-state index in [2.05, 4.69) is 10.6 Å².